The van der Waals surface area contributed by atoms with Gasteiger partial charge in [-0.1, -0.05) is 15.9 Å². The fourth-order valence-corrected chi connectivity index (χ4v) is 3.27. The molecule has 1 rings (SSSR count). The van der Waals surface area contributed by atoms with E-state index in [0.29, 0.717) is 26.4 Å². The maximum absolute atomic E-state index is 12.3. The second-order valence-electron chi connectivity index (χ2n) is 3.37. The van der Waals surface area contributed by atoms with Crippen LogP contribution in [0, 0.1) is 5.92 Å². The van der Waals surface area contributed by atoms with Gasteiger partial charge in [-0.2, -0.15) is 0 Å². The summed E-state index contributed by atoms with van der Waals surface area (Å²) in [6, 6.07) is -0.886. The molecule has 0 spiro atoms. The van der Waals surface area contributed by atoms with Crippen LogP contribution in [0.2, 0.25) is 0 Å². The van der Waals surface area contributed by atoms with Crippen molar-refractivity contribution >= 4 is 23.5 Å². The Morgan fingerprint density at radius 3 is 2.12 bits per heavy atom. The SMILES string of the molecule is CCOP(=O)(OCC)C1OCC(CBr)CO1. The molecule has 0 aliphatic carbocycles. The third kappa shape index (κ3) is 3.79. The van der Waals surface area contributed by atoms with Crippen molar-refractivity contribution in [2.24, 2.45) is 5.92 Å². The van der Waals surface area contributed by atoms with Crippen molar-refractivity contribution in [3.8, 4) is 0 Å². The number of halogens is 1. The molecule has 0 radical (unpaired) electrons. The van der Waals surface area contributed by atoms with Crippen molar-refractivity contribution in [3.63, 3.8) is 0 Å². The normalized spacial score (nSPS) is 26.9. The van der Waals surface area contributed by atoms with Gasteiger partial charge in [0.2, 0.25) is 0 Å². The van der Waals surface area contributed by atoms with Crippen LogP contribution in [0.25, 0.3) is 0 Å². The van der Waals surface area contributed by atoms with Gasteiger partial charge < -0.3 is 18.5 Å². The zero-order chi connectivity index (χ0) is 12.0. The zero-order valence-electron chi connectivity index (χ0n) is 9.56. The molecule has 1 heterocycles. The van der Waals surface area contributed by atoms with E-state index in [1.165, 1.54) is 0 Å². The Morgan fingerprint density at radius 2 is 1.75 bits per heavy atom. The maximum atomic E-state index is 12.3. The highest BCUT2D eigenvalue weighted by Gasteiger charge is 2.40. The Kier molecular flexibility index (Phi) is 6.47. The lowest BCUT2D eigenvalue weighted by Crippen LogP contribution is -2.33. The van der Waals surface area contributed by atoms with E-state index in [2.05, 4.69) is 15.9 Å². The van der Waals surface area contributed by atoms with Crippen molar-refractivity contribution in [2.45, 2.75) is 19.9 Å². The fraction of sp³-hybridized carbons (Fsp3) is 1.00. The first-order valence-corrected chi connectivity index (χ1v) is 8.07. The Hall–Kier alpha value is 0.550. The molecule has 1 aliphatic heterocycles. The summed E-state index contributed by atoms with van der Waals surface area (Å²) in [5.74, 6) is 0.285. The van der Waals surface area contributed by atoms with E-state index in [9.17, 15) is 4.57 Å². The molecular formula is C9H18BrO5P. The van der Waals surface area contributed by atoms with Gasteiger partial charge in [-0.25, -0.2) is 0 Å². The summed E-state index contributed by atoms with van der Waals surface area (Å²) in [6.45, 7) is 5.14. The van der Waals surface area contributed by atoms with Gasteiger partial charge in [-0.15, -0.1) is 0 Å². The highest BCUT2D eigenvalue weighted by molar-refractivity contribution is 9.09. The van der Waals surface area contributed by atoms with E-state index in [1.807, 2.05) is 0 Å². The molecule has 0 N–H and O–H groups in total. The van der Waals surface area contributed by atoms with E-state index >= 15 is 0 Å². The molecular weight excluding hydrogens is 299 g/mol. The third-order valence-electron chi connectivity index (χ3n) is 2.04. The molecule has 16 heavy (non-hydrogen) atoms. The summed E-state index contributed by atoms with van der Waals surface area (Å²) in [6.07, 6.45) is 0. The molecule has 1 fully saturated rings. The molecule has 7 heteroatoms. The standard InChI is InChI=1S/C9H18BrO5P/c1-3-14-16(11,15-4-2)9-12-6-8(5-10)7-13-9/h8-9H,3-7H2,1-2H3. The minimum absolute atomic E-state index is 0.285. The highest BCUT2D eigenvalue weighted by atomic mass is 79.9. The Bertz CT molecular complexity index is 232. The lowest BCUT2D eigenvalue weighted by Gasteiger charge is -2.32. The van der Waals surface area contributed by atoms with Crippen LogP contribution in [-0.4, -0.2) is 37.8 Å². The molecule has 0 aromatic carbocycles. The van der Waals surface area contributed by atoms with Crippen molar-refractivity contribution in [2.75, 3.05) is 31.8 Å². The third-order valence-corrected chi connectivity index (χ3v) is 5.01. The predicted molar refractivity (Wildman–Crippen MR) is 63.8 cm³/mol. The smallest absolute Gasteiger partial charge is 0.342 e. The average molecular weight is 317 g/mol. The largest absolute Gasteiger partial charge is 0.386 e. The lowest BCUT2D eigenvalue weighted by molar-refractivity contribution is -0.162. The number of hydrogen-bond donors (Lipinski definition) is 0. The first-order valence-electron chi connectivity index (χ1n) is 5.34. The first-order chi connectivity index (χ1) is 7.66. The minimum Gasteiger partial charge on any atom is -0.342 e. The molecule has 0 aromatic heterocycles. The van der Waals surface area contributed by atoms with Gasteiger partial charge in [0.05, 0.1) is 26.4 Å². The summed E-state index contributed by atoms with van der Waals surface area (Å²) in [7, 11) is -3.29. The lowest BCUT2D eigenvalue weighted by atomic mass is 10.2. The van der Waals surface area contributed by atoms with Gasteiger partial charge in [-0.05, 0) is 13.8 Å². The van der Waals surface area contributed by atoms with Crippen molar-refractivity contribution in [1.29, 1.82) is 0 Å². The molecule has 0 bridgehead atoms. The van der Waals surface area contributed by atoms with Crippen molar-refractivity contribution in [1.82, 2.24) is 0 Å². The van der Waals surface area contributed by atoms with Gasteiger partial charge in [0, 0.05) is 11.2 Å². The van der Waals surface area contributed by atoms with Crippen LogP contribution >= 0.6 is 23.5 Å². The Labute approximate surface area is 104 Å². The second kappa shape index (κ2) is 7.09. The minimum atomic E-state index is -3.29. The van der Waals surface area contributed by atoms with Crippen LogP contribution in [0.3, 0.4) is 0 Å². The van der Waals surface area contributed by atoms with E-state index in [0.717, 1.165) is 5.33 Å². The van der Waals surface area contributed by atoms with E-state index in [1.54, 1.807) is 13.8 Å². The second-order valence-corrected chi connectivity index (χ2v) is 6.03. The van der Waals surface area contributed by atoms with Gasteiger partial charge in [0.25, 0.3) is 6.03 Å². The molecule has 5 nitrogen and oxygen atoms in total. The van der Waals surface area contributed by atoms with Crippen molar-refractivity contribution < 1.29 is 23.1 Å². The van der Waals surface area contributed by atoms with Crippen LogP contribution in [0.4, 0.5) is 0 Å². The average Bonchev–Trinajstić information content (AvgIpc) is 2.30. The molecule has 1 aliphatic rings. The molecule has 0 atom stereocenters. The van der Waals surface area contributed by atoms with Crippen LogP contribution in [0.15, 0.2) is 0 Å². The van der Waals surface area contributed by atoms with Crippen LogP contribution < -0.4 is 0 Å². The quantitative estimate of drug-likeness (QED) is 0.557. The molecule has 0 unspecified atom stereocenters. The topological polar surface area (TPSA) is 54.0 Å². The monoisotopic (exact) mass is 316 g/mol. The van der Waals surface area contributed by atoms with E-state index < -0.39 is 13.6 Å². The van der Waals surface area contributed by atoms with E-state index in [4.69, 9.17) is 18.5 Å². The molecule has 1 saturated heterocycles. The molecule has 0 aromatic rings. The predicted octanol–water partition coefficient (Wildman–Crippen LogP) is 2.59. The molecule has 0 saturated carbocycles. The highest BCUT2D eigenvalue weighted by Crippen LogP contribution is 2.54. The number of rotatable bonds is 6. The van der Waals surface area contributed by atoms with Gasteiger partial charge in [-0.3, -0.25) is 4.57 Å². The molecule has 0 amide bonds. The summed E-state index contributed by atoms with van der Waals surface area (Å²) in [5.41, 5.74) is 0. The Balaban J connectivity index is 2.56. The summed E-state index contributed by atoms with van der Waals surface area (Å²) in [5, 5.41) is 0.799. The fourth-order valence-electron chi connectivity index (χ4n) is 1.32. The van der Waals surface area contributed by atoms with E-state index in [-0.39, 0.29) is 5.92 Å². The zero-order valence-corrected chi connectivity index (χ0v) is 12.0. The van der Waals surface area contributed by atoms with Gasteiger partial charge >= 0.3 is 7.60 Å². The summed E-state index contributed by atoms with van der Waals surface area (Å²) in [4.78, 5) is 0. The first kappa shape index (κ1) is 14.6. The number of alkyl halides is 1. The van der Waals surface area contributed by atoms with Gasteiger partial charge in [0.15, 0.2) is 0 Å². The summed E-state index contributed by atoms with van der Waals surface area (Å²) < 4.78 is 33.3. The maximum Gasteiger partial charge on any atom is 0.386 e. The van der Waals surface area contributed by atoms with Crippen LogP contribution in [0.5, 0.6) is 0 Å². The number of hydrogen-bond acceptors (Lipinski definition) is 5. The summed E-state index contributed by atoms with van der Waals surface area (Å²) >= 11 is 3.35. The number of ether oxygens (including phenoxy) is 2. The Morgan fingerprint density at radius 1 is 1.25 bits per heavy atom. The van der Waals surface area contributed by atoms with Gasteiger partial charge in [0.1, 0.15) is 0 Å². The van der Waals surface area contributed by atoms with Crippen molar-refractivity contribution in [3.05, 3.63) is 0 Å². The van der Waals surface area contributed by atoms with Crippen LogP contribution in [-0.2, 0) is 23.1 Å². The van der Waals surface area contributed by atoms with Crippen LogP contribution in [0.1, 0.15) is 13.8 Å². The molecule has 96 valence electrons.